The Morgan fingerprint density at radius 2 is 1.23 bits per heavy atom. The lowest BCUT2D eigenvalue weighted by Crippen LogP contribution is -2.10. The topological polar surface area (TPSA) is 52.6 Å². The van der Waals surface area contributed by atoms with Crippen LogP contribution < -0.4 is 9.47 Å². The lowest BCUT2D eigenvalue weighted by atomic mass is 10.1. The molecule has 0 fully saturated rings. The van der Waals surface area contributed by atoms with Gasteiger partial charge in [-0.15, -0.1) is 0 Å². The van der Waals surface area contributed by atoms with Gasteiger partial charge in [0.05, 0.1) is 24.0 Å². The summed E-state index contributed by atoms with van der Waals surface area (Å²) >= 11 is 2.85. The Hall–Kier alpha value is -2.96. The van der Waals surface area contributed by atoms with Crippen molar-refractivity contribution in [2.24, 2.45) is 0 Å². The van der Waals surface area contributed by atoms with E-state index >= 15 is 0 Å². The van der Waals surface area contributed by atoms with Crippen LogP contribution in [0.1, 0.15) is 18.1 Å². The SMILES string of the molecule is COc1ccc(/C=C/C(=O)C(C(=O)/C=C/c2ccc(OC)cc2)=C2SC=C(C)S2)cc1. The molecule has 1 heterocycles. The monoisotopic (exact) mass is 450 g/mol. The minimum absolute atomic E-state index is 0.178. The molecule has 0 aliphatic carbocycles. The van der Waals surface area contributed by atoms with Gasteiger partial charge in [-0.2, -0.15) is 0 Å². The Morgan fingerprint density at radius 1 is 0.774 bits per heavy atom. The summed E-state index contributed by atoms with van der Waals surface area (Å²) in [6.07, 6.45) is 6.29. The van der Waals surface area contributed by atoms with Gasteiger partial charge >= 0.3 is 0 Å². The lowest BCUT2D eigenvalue weighted by molar-refractivity contribution is -0.116. The number of ketones is 2. The first kappa shape index (κ1) is 22.7. The molecule has 3 rings (SSSR count). The van der Waals surface area contributed by atoms with Gasteiger partial charge in [0.1, 0.15) is 11.5 Å². The fourth-order valence-corrected chi connectivity index (χ4v) is 4.96. The molecule has 6 heteroatoms. The van der Waals surface area contributed by atoms with Crippen molar-refractivity contribution in [3.05, 3.63) is 91.9 Å². The molecular weight excluding hydrogens is 428 g/mol. The van der Waals surface area contributed by atoms with Crippen LogP contribution in [0, 0.1) is 0 Å². The fraction of sp³-hybridized carbons (Fsp3) is 0.120. The number of methoxy groups -OCH3 is 2. The van der Waals surface area contributed by atoms with Crippen molar-refractivity contribution in [3.63, 3.8) is 0 Å². The molecule has 0 atom stereocenters. The zero-order valence-corrected chi connectivity index (χ0v) is 19.1. The number of hydrogen-bond donors (Lipinski definition) is 0. The summed E-state index contributed by atoms with van der Waals surface area (Å²) in [5, 5.41) is 1.95. The molecule has 0 saturated heterocycles. The summed E-state index contributed by atoms with van der Waals surface area (Å²) in [5.74, 6) is 0.840. The smallest absolute Gasteiger partial charge is 0.191 e. The molecule has 0 unspecified atom stereocenters. The molecule has 0 amide bonds. The van der Waals surface area contributed by atoms with Crippen LogP contribution in [-0.4, -0.2) is 25.8 Å². The molecule has 0 spiro atoms. The Morgan fingerprint density at radius 3 is 1.58 bits per heavy atom. The summed E-state index contributed by atoms with van der Waals surface area (Å²) in [6, 6.07) is 14.7. The molecular formula is C25H22O4S2. The van der Waals surface area contributed by atoms with Crippen LogP contribution in [-0.2, 0) is 9.59 Å². The van der Waals surface area contributed by atoms with Crippen LogP contribution >= 0.6 is 23.5 Å². The number of hydrogen-bond acceptors (Lipinski definition) is 6. The zero-order valence-electron chi connectivity index (χ0n) is 17.5. The number of carbonyl (C=O) groups excluding carboxylic acids is 2. The first-order valence-electron chi connectivity index (χ1n) is 9.48. The molecule has 0 radical (unpaired) electrons. The van der Waals surface area contributed by atoms with Gasteiger partial charge < -0.3 is 9.47 Å². The molecule has 158 valence electrons. The van der Waals surface area contributed by atoms with Crippen LogP contribution in [0.5, 0.6) is 11.5 Å². The van der Waals surface area contributed by atoms with Crippen molar-refractivity contribution in [3.8, 4) is 11.5 Å². The van der Waals surface area contributed by atoms with Crippen LogP contribution in [0.4, 0.5) is 0 Å². The maximum absolute atomic E-state index is 13.0. The highest BCUT2D eigenvalue weighted by molar-refractivity contribution is 8.28. The van der Waals surface area contributed by atoms with E-state index in [1.165, 1.54) is 35.7 Å². The highest BCUT2D eigenvalue weighted by Crippen LogP contribution is 2.45. The average Bonchev–Trinajstić information content (AvgIpc) is 3.22. The van der Waals surface area contributed by atoms with Gasteiger partial charge in [-0.05, 0) is 64.8 Å². The van der Waals surface area contributed by atoms with E-state index in [2.05, 4.69) is 0 Å². The van der Waals surface area contributed by atoms with Gasteiger partial charge in [-0.25, -0.2) is 0 Å². The normalized spacial score (nSPS) is 13.5. The van der Waals surface area contributed by atoms with Crippen molar-refractivity contribution >= 4 is 47.2 Å². The Bertz CT molecular complexity index is 1000. The molecule has 0 saturated carbocycles. The van der Waals surface area contributed by atoms with Crippen molar-refractivity contribution < 1.29 is 19.1 Å². The van der Waals surface area contributed by atoms with E-state index in [9.17, 15) is 9.59 Å². The van der Waals surface area contributed by atoms with Crippen molar-refractivity contribution in [1.29, 1.82) is 0 Å². The summed E-state index contributed by atoms with van der Waals surface area (Å²) in [5.41, 5.74) is 1.87. The highest BCUT2D eigenvalue weighted by atomic mass is 32.2. The molecule has 1 aliphatic heterocycles. The summed E-state index contributed by atoms with van der Waals surface area (Å²) in [6.45, 7) is 1.96. The fourth-order valence-electron chi connectivity index (χ4n) is 2.70. The van der Waals surface area contributed by atoms with E-state index in [0.29, 0.717) is 4.24 Å². The minimum atomic E-state index is -0.321. The van der Waals surface area contributed by atoms with Crippen molar-refractivity contribution in [2.45, 2.75) is 6.92 Å². The molecule has 2 aromatic rings. The predicted octanol–water partition coefficient (Wildman–Crippen LogP) is 6.12. The maximum atomic E-state index is 13.0. The molecule has 0 bridgehead atoms. The largest absolute Gasteiger partial charge is 0.497 e. The van der Waals surface area contributed by atoms with E-state index in [-0.39, 0.29) is 17.1 Å². The van der Waals surface area contributed by atoms with E-state index in [4.69, 9.17) is 9.47 Å². The minimum Gasteiger partial charge on any atom is -0.497 e. The van der Waals surface area contributed by atoms with Crippen molar-refractivity contribution in [2.75, 3.05) is 14.2 Å². The number of benzene rings is 2. The molecule has 4 nitrogen and oxygen atoms in total. The van der Waals surface area contributed by atoms with E-state index in [1.807, 2.05) is 60.9 Å². The van der Waals surface area contributed by atoms with E-state index < -0.39 is 0 Å². The second-order valence-corrected chi connectivity index (χ2v) is 8.95. The summed E-state index contributed by atoms with van der Waals surface area (Å²) in [7, 11) is 3.20. The number of rotatable bonds is 8. The van der Waals surface area contributed by atoms with E-state index in [0.717, 1.165) is 27.5 Å². The molecule has 0 aromatic heterocycles. The van der Waals surface area contributed by atoms with Crippen LogP contribution in [0.2, 0.25) is 0 Å². The maximum Gasteiger partial charge on any atom is 0.191 e. The lowest BCUT2D eigenvalue weighted by Gasteiger charge is -2.05. The number of carbonyl (C=O) groups is 2. The van der Waals surface area contributed by atoms with Crippen LogP contribution in [0.3, 0.4) is 0 Å². The number of allylic oxidation sites excluding steroid dienone is 4. The third kappa shape index (κ3) is 6.26. The number of ether oxygens (including phenoxy) is 2. The standard InChI is InChI=1S/C25H22O4S2/c1-17-16-30-25(31-17)24(22(26)14-8-18-4-10-20(28-2)11-5-18)23(27)15-9-19-6-12-21(29-3)13-7-19/h4-16H,1-3H3/b14-8+,15-9+. The van der Waals surface area contributed by atoms with Crippen molar-refractivity contribution in [1.82, 2.24) is 0 Å². The van der Waals surface area contributed by atoms with Crippen LogP contribution in [0.25, 0.3) is 12.2 Å². The van der Waals surface area contributed by atoms with Gasteiger partial charge in [0, 0.05) is 0 Å². The van der Waals surface area contributed by atoms with Gasteiger partial charge in [-0.1, -0.05) is 59.9 Å². The molecule has 31 heavy (non-hydrogen) atoms. The highest BCUT2D eigenvalue weighted by Gasteiger charge is 2.23. The van der Waals surface area contributed by atoms with E-state index in [1.54, 1.807) is 26.4 Å². The van der Waals surface area contributed by atoms with Crippen LogP contribution in [0.15, 0.2) is 80.8 Å². The molecule has 2 aromatic carbocycles. The van der Waals surface area contributed by atoms with Gasteiger partial charge in [0.15, 0.2) is 11.6 Å². The second kappa shape index (κ2) is 10.9. The Labute approximate surface area is 190 Å². The quantitative estimate of drug-likeness (QED) is 0.274. The van der Waals surface area contributed by atoms with Gasteiger partial charge in [-0.3, -0.25) is 9.59 Å². The second-order valence-electron chi connectivity index (χ2n) is 6.55. The number of thioether (sulfide) groups is 2. The zero-order chi connectivity index (χ0) is 22.2. The third-order valence-electron chi connectivity index (χ3n) is 4.37. The predicted molar refractivity (Wildman–Crippen MR) is 130 cm³/mol. The Balaban J connectivity index is 1.82. The average molecular weight is 451 g/mol. The molecule has 1 aliphatic rings. The van der Waals surface area contributed by atoms with Gasteiger partial charge in [0.2, 0.25) is 0 Å². The summed E-state index contributed by atoms with van der Waals surface area (Å²) in [4.78, 5) is 27.0. The summed E-state index contributed by atoms with van der Waals surface area (Å²) < 4.78 is 11.0. The third-order valence-corrected chi connectivity index (χ3v) is 6.78. The van der Waals surface area contributed by atoms with Gasteiger partial charge in [0.25, 0.3) is 0 Å². The Kier molecular flexibility index (Phi) is 7.98. The molecule has 0 N–H and O–H groups in total. The first-order chi connectivity index (χ1) is 15.0. The first-order valence-corrected chi connectivity index (χ1v) is 11.2.